The first-order valence-electron chi connectivity index (χ1n) is 9.52. The molecule has 0 unspecified atom stereocenters. The summed E-state index contributed by atoms with van der Waals surface area (Å²) in [5, 5.41) is 9.54. The van der Waals surface area contributed by atoms with Crippen LogP contribution in [0.4, 0.5) is 5.69 Å². The Morgan fingerprint density at radius 1 is 1.15 bits per heavy atom. The summed E-state index contributed by atoms with van der Waals surface area (Å²) in [6.07, 6.45) is 0.639. The van der Waals surface area contributed by atoms with E-state index in [1.54, 1.807) is 0 Å². The minimum absolute atomic E-state index is 0.0821. The molecule has 2 aliphatic rings. The molecule has 1 saturated heterocycles. The third-order valence-corrected chi connectivity index (χ3v) is 5.81. The molecule has 0 aliphatic carbocycles. The molecule has 0 saturated carbocycles. The van der Waals surface area contributed by atoms with E-state index in [0.29, 0.717) is 18.9 Å². The van der Waals surface area contributed by atoms with Gasteiger partial charge in [0.2, 0.25) is 11.8 Å². The van der Waals surface area contributed by atoms with Crippen LogP contribution in [-0.2, 0) is 21.7 Å². The van der Waals surface area contributed by atoms with Crippen molar-refractivity contribution >= 4 is 17.5 Å². The number of nitrogens with one attached hydrogen (secondary N) is 3. The molecule has 2 heterocycles. The standard InChI is InChI=1S/C22H25N3O2/c1-14(2)19-12-17(20(26)23-13-15-8-4-3-5-9-15)22(25-19)16-10-6-7-11-18(16)24-21(22)27/h3-11,14,17,19,25H,12-13H2,1-2H3,(H,23,26)(H,24,27)/t17-,19-,22-/m0/s1. The van der Waals surface area contributed by atoms with Crippen molar-refractivity contribution in [1.82, 2.24) is 10.6 Å². The van der Waals surface area contributed by atoms with E-state index < -0.39 is 11.5 Å². The molecule has 0 bridgehead atoms. The van der Waals surface area contributed by atoms with Crippen LogP contribution in [0.2, 0.25) is 0 Å². The zero-order valence-electron chi connectivity index (χ0n) is 15.7. The zero-order chi connectivity index (χ0) is 19.0. The molecular weight excluding hydrogens is 338 g/mol. The summed E-state index contributed by atoms with van der Waals surface area (Å²) in [5.41, 5.74) is 1.72. The quantitative estimate of drug-likeness (QED) is 0.782. The molecule has 2 amide bonds. The first-order chi connectivity index (χ1) is 13.0. The molecule has 1 fully saturated rings. The van der Waals surface area contributed by atoms with Gasteiger partial charge in [0.15, 0.2) is 0 Å². The normalized spacial score (nSPS) is 26.3. The molecule has 1 spiro atoms. The summed E-state index contributed by atoms with van der Waals surface area (Å²) in [5.74, 6) is -0.334. The molecule has 5 nitrogen and oxygen atoms in total. The summed E-state index contributed by atoms with van der Waals surface area (Å²) in [4.78, 5) is 26.2. The fraction of sp³-hybridized carbons (Fsp3) is 0.364. The highest BCUT2D eigenvalue weighted by Crippen LogP contribution is 2.47. The third-order valence-electron chi connectivity index (χ3n) is 5.81. The van der Waals surface area contributed by atoms with Crippen molar-refractivity contribution in [1.29, 1.82) is 0 Å². The summed E-state index contributed by atoms with van der Waals surface area (Å²) >= 11 is 0. The van der Waals surface area contributed by atoms with E-state index in [-0.39, 0.29) is 17.9 Å². The van der Waals surface area contributed by atoms with Crippen LogP contribution in [0.5, 0.6) is 0 Å². The maximum atomic E-state index is 13.2. The average molecular weight is 363 g/mol. The number of hydrogen-bond donors (Lipinski definition) is 3. The Morgan fingerprint density at radius 3 is 2.59 bits per heavy atom. The zero-order valence-corrected chi connectivity index (χ0v) is 15.7. The molecule has 140 valence electrons. The van der Waals surface area contributed by atoms with Gasteiger partial charge in [0.25, 0.3) is 0 Å². The number of carbonyl (C=O) groups is 2. The minimum Gasteiger partial charge on any atom is -0.352 e. The van der Waals surface area contributed by atoms with E-state index in [1.807, 2.05) is 54.6 Å². The lowest BCUT2D eigenvalue weighted by Crippen LogP contribution is -2.53. The molecule has 3 atom stereocenters. The number of hydrogen-bond acceptors (Lipinski definition) is 3. The van der Waals surface area contributed by atoms with Gasteiger partial charge in [-0.2, -0.15) is 0 Å². The number of fused-ring (bicyclic) bond motifs is 2. The molecule has 5 heteroatoms. The topological polar surface area (TPSA) is 70.2 Å². The lowest BCUT2D eigenvalue weighted by molar-refractivity contribution is -0.133. The monoisotopic (exact) mass is 363 g/mol. The Balaban J connectivity index is 1.65. The molecular formula is C22H25N3O2. The largest absolute Gasteiger partial charge is 0.352 e. The van der Waals surface area contributed by atoms with Crippen molar-refractivity contribution in [3.8, 4) is 0 Å². The smallest absolute Gasteiger partial charge is 0.250 e. The van der Waals surface area contributed by atoms with Crippen LogP contribution in [0.15, 0.2) is 54.6 Å². The second-order valence-corrected chi connectivity index (χ2v) is 7.79. The summed E-state index contributed by atoms with van der Waals surface area (Å²) in [6, 6.07) is 17.6. The van der Waals surface area contributed by atoms with Crippen LogP contribution < -0.4 is 16.0 Å². The Kier molecular flexibility index (Phi) is 4.48. The highest BCUT2D eigenvalue weighted by molar-refractivity contribution is 6.09. The summed E-state index contributed by atoms with van der Waals surface area (Å²) in [6.45, 7) is 4.70. The van der Waals surface area contributed by atoms with Crippen molar-refractivity contribution in [3.05, 3.63) is 65.7 Å². The third kappa shape index (κ3) is 2.92. The lowest BCUT2D eigenvalue weighted by atomic mass is 9.79. The van der Waals surface area contributed by atoms with Gasteiger partial charge in [0, 0.05) is 23.8 Å². The second kappa shape index (κ2) is 6.82. The number of anilines is 1. The van der Waals surface area contributed by atoms with Crippen molar-refractivity contribution in [2.45, 2.75) is 38.4 Å². The number of rotatable bonds is 4. The molecule has 2 aliphatic heterocycles. The molecule has 2 aromatic carbocycles. The number of para-hydroxylation sites is 1. The Morgan fingerprint density at radius 2 is 1.85 bits per heavy atom. The van der Waals surface area contributed by atoms with Gasteiger partial charge in [-0.15, -0.1) is 0 Å². The minimum atomic E-state index is -0.994. The van der Waals surface area contributed by atoms with Crippen molar-refractivity contribution in [3.63, 3.8) is 0 Å². The fourth-order valence-electron chi connectivity index (χ4n) is 4.30. The van der Waals surface area contributed by atoms with Crippen molar-refractivity contribution in [2.24, 2.45) is 11.8 Å². The lowest BCUT2D eigenvalue weighted by Gasteiger charge is -2.29. The van der Waals surface area contributed by atoms with Gasteiger partial charge in [-0.25, -0.2) is 0 Å². The van der Waals surface area contributed by atoms with Crippen LogP contribution in [0.1, 0.15) is 31.4 Å². The second-order valence-electron chi connectivity index (χ2n) is 7.79. The predicted molar refractivity (Wildman–Crippen MR) is 105 cm³/mol. The van der Waals surface area contributed by atoms with E-state index in [1.165, 1.54) is 0 Å². The van der Waals surface area contributed by atoms with E-state index in [0.717, 1.165) is 16.8 Å². The van der Waals surface area contributed by atoms with E-state index in [4.69, 9.17) is 0 Å². The maximum Gasteiger partial charge on any atom is 0.250 e. The molecule has 3 N–H and O–H groups in total. The first kappa shape index (κ1) is 17.7. The van der Waals surface area contributed by atoms with Crippen molar-refractivity contribution in [2.75, 3.05) is 5.32 Å². The fourth-order valence-corrected chi connectivity index (χ4v) is 4.30. The van der Waals surface area contributed by atoms with E-state index in [9.17, 15) is 9.59 Å². The number of amides is 2. The first-order valence-corrected chi connectivity index (χ1v) is 9.52. The van der Waals surface area contributed by atoms with Gasteiger partial charge in [0.05, 0.1) is 5.92 Å². The molecule has 0 radical (unpaired) electrons. The Bertz CT molecular complexity index is 865. The van der Waals surface area contributed by atoms with E-state index in [2.05, 4.69) is 29.8 Å². The SMILES string of the molecule is CC(C)[C@@H]1C[C@@H](C(=O)NCc2ccccc2)[C@]2(N1)C(=O)Nc1ccccc12. The molecule has 0 aromatic heterocycles. The van der Waals surface area contributed by atoms with Crippen LogP contribution >= 0.6 is 0 Å². The highest BCUT2D eigenvalue weighted by atomic mass is 16.2. The van der Waals surface area contributed by atoms with Gasteiger partial charge in [-0.05, 0) is 24.0 Å². The molecule has 4 rings (SSSR count). The predicted octanol–water partition coefficient (Wildman–Crippen LogP) is 2.78. The Labute approximate surface area is 159 Å². The molecule has 2 aromatic rings. The summed E-state index contributed by atoms with van der Waals surface area (Å²) < 4.78 is 0. The van der Waals surface area contributed by atoms with Crippen molar-refractivity contribution < 1.29 is 9.59 Å². The highest BCUT2D eigenvalue weighted by Gasteiger charge is 2.60. The van der Waals surface area contributed by atoms with Gasteiger partial charge >= 0.3 is 0 Å². The van der Waals surface area contributed by atoms with E-state index >= 15 is 0 Å². The van der Waals surface area contributed by atoms with Gasteiger partial charge in [-0.1, -0.05) is 62.4 Å². The van der Waals surface area contributed by atoms with Gasteiger partial charge in [0.1, 0.15) is 5.54 Å². The van der Waals surface area contributed by atoms with Crippen LogP contribution in [-0.4, -0.2) is 17.9 Å². The van der Waals surface area contributed by atoms with Crippen LogP contribution in [0.3, 0.4) is 0 Å². The Hall–Kier alpha value is -2.66. The van der Waals surface area contributed by atoms with Crippen LogP contribution in [0, 0.1) is 11.8 Å². The van der Waals surface area contributed by atoms with Crippen LogP contribution in [0.25, 0.3) is 0 Å². The van der Waals surface area contributed by atoms with Gasteiger partial charge in [-0.3, -0.25) is 14.9 Å². The maximum absolute atomic E-state index is 13.2. The molecule has 27 heavy (non-hydrogen) atoms. The average Bonchev–Trinajstić information content (AvgIpc) is 3.21. The van der Waals surface area contributed by atoms with Gasteiger partial charge < -0.3 is 10.6 Å². The number of benzene rings is 2. The number of carbonyl (C=O) groups excluding carboxylic acids is 2. The summed E-state index contributed by atoms with van der Waals surface area (Å²) in [7, 11) is 0.